The Morgan fingerprint density at radius 2 is 1.96 bits per heavy atom. The molecule has 1 spiro atoms. The minimum absolute atomic E-state index is 0.0108. The van der Waals surface area contributed by atoms with Gasteiger partial charge in [-0.25, -0.2) is 4.79 Å². The Labute approximate surface area is 149 Å². The van der Waals surface area contributed by atoms with E-state index in [1.54, 1.807) is 4.90 Å². The third-order valence-electron chi connectivity index (χ3n) is 4.81. The summed E-state index contributed by atoms with van der Waals surface area (Å²) in [6, 6.07) is 10.1. The number of piperazine rings is 1. The van der Waals surface area contributed by atoms with Crippen LogP contribution in [0.1, 0.15) is 32.8 Å². The largest absolute Gasteiger partial charge is 0.444 e. The summed E-state index contributed by atoms with van der Waals surface area (Å²) in [5.74, 6) is 0.0108. The van der Waals surface area contributed by atoms with Gasteiger partial charge in [0, 0.05) is 26.2 Å². The van der Waals surface area contributed by atoms with Crippen LogP contribution in [0.2, 0.25) is 0 Å². The van der Waals surface area contributed by atoms with Crippen LogP contribution >= 0.6 is 0 Å². The van der Waals surface area contributed by atoms with Gasteiger partial charge < -0.3 is 15.0 Å². The highest BCUT2D eigenvalue weighted by Gasteiger charge is 2.51. The van der Waals surface area contributed by atoms with Gasteiger partial charge in [-0.05, 0) is 32.8 Å². The average molecular weight is 345 g/mol. The zero-order chi connectivity index (χ0) is 18.1. The lowest BCUT2D eigenvalue weighted by atomic mass is 9.91. The van der Waals surface area contributed by atoms with Crippen LogP contribution in [-0.4, -0.2) is 59.1 Å². The lowest BCUT2D eigenvalue weighted by Crippen LogP contribution is -2.66. The second-order valence-corrected chi connectivity index (χ2v) is 7.85. The molecule has 0 saturated carbocycles. The Balaban J connectivity index is 1.78. The maximum atomic E-state index is 12.7. The number of amides is 2. The molecule has 6 heteroatoms. The lowest BCUT2D eigenvalue weighted by molar-refractivity contribution is -0.134. The van der Waals surface area contributed by atoms with Crippen LogP contribution in [0.5, 0.6) is 0 Å². The maximum absolute atomic E-state index is 12.7. The SMILES string of the molecule is CC(C)(C)OC(=O)N1CCN(Cc2ccccc2)C2(CCNC2=O)C1. The Morgan fingerprint density at radius 3 is 2.56 bits per heavy atom. The van der Waals surface area contributed by atoms with Crippen molar-refractivity contribution in [3.63, 3.8) is 0 Å². The number of hydrogen-bond donors (Lipinski definition) is 1. The van der Waals surface area contributed by atoms with Gasteiger partial charge in [-0.3, -0.25) is 9.69 Å². The summed E-state index contributed by atoms with van der Waals surface area (Å²) in [6.07, 6.45) is 0.365. The standard InChI is InChI=1S/C19H27N3O3/c1-18(2,3)25-17(24)21-11-12-22(13-15-7-5-4-6-8-15)19(14-21)9-10-20-16(19)23/h4-8H,9-14H2,1-3H3,(H,20,23). The summed E-state index contributed by atoms with van der Waals surface area (Å²) < 4.78 is 5.51. The van der Waals surface area contributed by atoms with E-state index in [0.29, 0.717) is 39.1 Å². The molecule has 0 aromatic heterocycles. The van der Waals surface area contributed by atoms with E-state index in [1.807, 2.05) is 39.0 Å². The summed E-state index contributed by atoms with van der Waals surface area (Å²) in [6.45, 7) is 8.51. The molecular formula is C19H27N3O3. The van der Waals surface area contributed by atoms with Crippen molar-refractivity contribution in [2.45, 2.75) is 44.9 Å². The summed E-state index contributed by atoms with van der Waals surface area (Å²) >= 11 is 0. The summed E-state index contributed by atoms with van der Waals surface area (Å²) in [7, 11) is 0. The third kappa shape index (κ3) is 3.79. The van der Waals surface area contributed by atoms with Gasteiger partial charge in [-0.2, -0.15) is 0 Å². The Bertz CT molecular complexity index is 641. The Kier molecular flexibility index (Phi) is 4.73. The molecule has 0 radical (unpaired) electrons. The maximum Gasteiger partial charge on any atom is 0.410 e. The van der Waals surface area contributed by atoms with Gasteiger partial charge >= 0.3 is 6.09 Å². The molecule has 2 fully saturated rings. The number of ether oxygens (including phenoxy) is 1. The molecular weight excluding hydrogens is 318 g/mol. The Morgan fingerprint density at radius 1 is 1.24 bits per heavy atom. The molecule has 2 heterocycles. The van der Waals surface area contributed by atoms with Crippen molar-refractivity contribution in [2.75, 3.05) is 26.2 Å². The first-order valence-corrected chi connectivity index (χ1v) is 8.85. The number of carbonyl (C=O) groups excluding carboxylic acids is 2. The molecule has 2 aliphatic rings. The molecule has 1 unspecified atom stereocenters. The van der Waals surface area contributed by atoms with Crippen molar-refractivity contribution in [2.24, 2.45) is 0 Å². The summed E-state index contributed by atoms with van der Waals surface area (Å²) in [4.78, 5) is 29.0. The molecule has 1 aromatic rings. The zero-order valence-electron chi connectivity index (χ0n) is 15.2. The minimum Gasteiger partial charge on any atom is -0.444 e. The first-order valence-electron chi connectivity index (χ1n) is 8.85. The molecule has 25 heavy (non-hydrogen) atoms. The predicted octanol–water partition coefficient (Wildman–Crippen LogP) is 2.00. The monoisotopic (exact) mass is 345 g/mol. The normalized spacial score (nSPS) is 24.4. The van der Waals surface area contributed by atoms with E-state index in [4.69, 9.17) is 4.74 Å². The molecule has 1 aromatic carbocycles. The van der Waals surface area contributed by atoms with Crippen LogP contribution in [0.25, 0.3) is 0 Å². The van der Waals surface area contributed by atoms with E-state index in [0.717, 1.165) is 0 Å². The minimum atomic E-state index is -0.662. The summed E-state index contributed by atoms with van der Waals surface area (Å²) in [5.41, 5.74) is -0.0266. The van der Waals surface area contributed by atoms with Gasteiger partial charge in [-0.15, -0.1) is 0 Å². The summed E-state index contributed by atoms with van der Waals surface area (Å²) in [5, 5.41) is 2.94. The van der Waals surface area contributed by atoms with Crippen LogP contribution in [0, 0.1) is 0 Å². The van der Waals surface area contributed by atoms with Crippen molar-refractivity contribution in [3.05, 3.63) is 35.9 Å². The van der Waals surface area contributed by atoms with E-state index < -0.39 is 11.1 Å². The van der Waals surface area contributed by atoms with Crippen LogP contribution in [0.4, 0.5) is 4.79 Å². The second kappa shape index (κ2) is 6.67. The number of carbonyl (C=O) groups is 2. The van der Waals surface area contributed by atoms with Crippen molar-refractivity contribution < 1.29 is 14.3 Å². The fourth-order valence-electron chi connectivity index (χ4n) is 3.58. The molecule has 3 rings (SSSR count). The molecule has 0 aliphatic carbocycles. The number of rotatable bonds is 2. The fraction of sp³-hybridized carbons (Fsp3) is 0.579. The quantitative estimate of drug-likeness (QED) is 0.891. The molecule has 2 saturated heterocycles. The van der Waals surface area contributed by atoms with Gasteiger partial charge in [0.1, 0.15) is 11.1 Å². The van der Waals surface area contributed by atoms with E-state index in [2.05, 4.69) is 22.3 Å². The first kappa shape index (κ1) is 17.7. The molecule has 0 bridgehead atoms. The molecule has 2 amide bonds. The topological polar surface area (TPSA) is 61.9 Å². The van der Waals surface area contributed by atoms with E-state index in [1.165, 1.54) is 5.56 Å². The Hall–Kier alpha value is -2.08. The second-order valence-electron chi connectivity index (χ2n) is 7.85. The molecule has 6 nitrogen and oxygen atoms in total. The van der Waals surface area contributed by atoms with Gasteiger partial charge in [0.05, 0.1) is 6.54 Å². The highest BCUT2D eigenvalue weighted by atomic mass is 16.6. The van der Waals surface area contributed by atoms with Gasteiger partial charge in [0.2, 0.25) is 5.91 Å². The first-order chi connectivity index (χ1) is 11.8. The van der Waals surface area contributed by atoms with Crippen molar-refractivity contribution in [3.8, 4) is 0 Å². The number of hydrogen-bond acceptors (Lipinski definition) is 4. The molecule has 1 N–H and O–H groups in total. The molecule has 2 aliphatic heterocycles. The predicted molar refractivity (Wildman–Crippen MR) is 95.0 cm³/mol. The van der Waals surface area contributed by atoms with Gasteiger partial charge in [0.15, 0.2) is 0 Å². The zero-order valence-corrected chi connectivity index (χ0v) is 15.2. The van der Waals surface area contributed by atoms with Crippen LogP contribution in [0.3, 0.4) is 0 Å². The highest BCUT2D eigenvalue weighted by molar-refractivity contribution is 5.89. The number of nitrogens with one attached hydrogen (secondary N) is 1. The van der Waals surface area contributed by atoms with Crippen LogP contribution in [-0.2, 0) is 16.1 Å². The average Bonchev–Trinajstić information content (AvgIpc) is 2.90. The number of benzene rings is 1. The van der Waals surface area contributed by atoms with Crippen molar-refractivity contribution in [1.29, 1.82) is 0 Å². The van der Waals surface area contributed by atoms with Crippen molar-refractivity contribution >= 4 is 12.0 Å². The van der Waals surface area contributed by atoms with E-state index in [9.17, 15) is 9.59 Å². The van der Waals surface area contributed by atoms with Crippen LogP contribution < -0.4 is 5.32 Å². The van der Waals surface area contributed by atoms with Gasteiger partial charge in [-0.1, -0.05) is 30.3 Å². The van der Waals surface area contributed by atoms with Crippen LogP contribution in [0.15, 0.2) is 30.3 Å². The van der Waals surface area contributed by atoms with Gasteiger partial charge in [0.25, 0.3) is 0 Å². The van der Waals surface area contributed by atoms with Crippen molar-refractivity contribution in [1.82, 2.24) is 15.1 Å². The van der Waals surface area contributed by atoms with E-state index in [-0.39, 0.29) is 12.0 Å². The third-order valence-corrected chi connectivity index (χ3v) is 4.81. The smallest absolute Gasteiger partial charge is 0.410 e. The van der Waals surface area contributed by atoms with E-state index >= 15 is 0 Å². The molecule has 136 valence electrons. The lowest BCUT2D eigenvalue weighted by Gasteiger charge is -2.47. The fourth-order valence-corrected chi connectivity index (χ4v) is 3.58. The molecule has 1 atom stereocenters. The number of nitrogens with zero attached hydrogens (tertiary/aromatic N) is 2. The highest BCUT2D eigenvalue weighted by Crippen LogP contribution is 2.31.